The van der Waals surface area contributed by atoms with Crippen molar-refractivity contribution in [2.45, 2.75) is 25.6 Å². The molecule has 90 valence electrons. The minimum atomic E-state index is -4.40. The Hall–Kier alpha value is -1.23. The first-order valence-electron chi connectivity index (χ1n) is 4.85. The highest BCUT2D eigenvalue weighted by molar-refractivity contribution is 5.43. The molecule has 0 unspecified atom stereocenters. The fourth-order valence-corrected chi connectivity index (χ4v) is 1.56. The van der Waals surface area contributed by atoms with Crippen molar-refractivity contribution < 1.29 is 17.9 Å². The quantitative estimate of drug-likeness (QED) is 0.870. The van der Waals surface area contributed by atoms with Gasteiger partial charge in [-0.1, -0.05) is 12.1 Å². The Morgan fingerprint density at radius 2 is 2.00 bits per heavy atom. The van der Waals surface area contributed by atoms with Gasteiger partial charge in [0.1, 0.15) is 5.75 Å². The number of methoxy groups -OCH3 is 1. The number of halogens is 3. The lowest BCUT2D eigenvalue weighted by atomic mass is 10.0. The fourth-order valence-electron chi connectivity index (χ4n) is 1.56. The SMILES string of the molecule is COc1c(C[C@H](C)N)cccc1C(F)(F)F. The summed E-state index contributed by atoms with van der Waals surface area (Å²) in [5, 5.41) is 0. The Labute approximate surface area is 92.2 Å². The summed E-state index contributed by atoms with van der Waals surface area (Å²) in [5.74, 6) is -0.132. The van der Waals surface area contributed by atoms with Crippen LogP contribution in [0.4, 0.5) is 13.2 Å². The van der Waals surface area contributed by atoms with E-state index in [1.54, 1.807) is 13.0 Å². The maximum Gasteiger partial charge on any atom is 0.419 e. The topological polar surface area (TPSA) is 35.2 Å². The van der Waals surface area contributed by atoms with Crippen LogP contribution in [0.15, 0.2) is 18.2 Å². The molecule has 1 rings (SSSR count). The second kappa shape index (κ2) is 4.74. The van der Waals surface area contributed by atoms with Crippen LogP contribution in [0.25, 0.3) is 0 Å². The number of alkyl halides is 3. The van der Waals surface area contributed by atoms with Gasteiger partial charge in [0, 0.05) is 6.04 Å². The average Bonchev–Trinajstić information content (AvgIpc) is 2.15. The Balaban J connectivity index is 3.21. The summed E-state index contributed by atoms with van der Waals surface area (Å²) in [5.41, 5.74) is 5.29. The standard InChI is InChI=1S/C11H14F3NO/c1-7(15)6-8-4-3-5-9(10(8)16-2)11(12,13)14/h3-5,7H,6,15H2,1-2H3/t7-/m0/s1. The predicted molar refractivity (Wildman–Crippen MR) is 55.3 cm³/mol. The van der Waals surface area contributed by atoms with Crippen LogP contribution in [-0.4, -0.2) is 13.2 Å². The maximum atomic E-state index is 12.6. The van der Waals surface area contributed by atoms with Crippen LogP contribution in [0.5, 0.6) is 5.75 Å². The monoisotopic (exact) mass is 233 g/mol. The number of hydrogen-bond donors (Lipinski definition) is 1. The zero-order chi connectivity index (χ0) is 12.3. The van der Waals surface area contributed by atoms with Crippen LogP contribution >= 0.6 is 0 Å². The van der Waals surface area contributed by atoms with Gasteiger partial charge in [0.2, 0.25) is 0 Å². The van der Waals surface area contributed by atoms with E-state index < -0.39 is 11.7 Å². The van der Waals surface area contributed by atoms with Crippen LogP contribution in [0.3, 0.4) is 0 Å². The summed E-state index contributed by atoms with van der Waals surface area (Å²) < 4.78 is 42.8. The minimum Gasteiger partial charge on any atom is -0.496 e. The van der Waals surface area contributed by atoms with Gasteiger partial charge < -0.3 is 10.5 Å². The van der Waals surface area contributed by atoms with Gasteiger partial charge in [0.05, 0.1) is 12.7 Å². The lowest BCUT2D eigenvalue weighted by Gasteiger charge is -2.16. The minimum absolute atomic E-state index is 0.132. The van der Waals surface area contributed by atoms with Crippen molar-refractivity contribution in [1.29, 1.82) is 0 Å². The third kappa shape index (κ3) is 2.88. The van der Waals surface area contributed by atoms with E-state index in [0.717, 1.165) is 6.07 Å². The molecule has 0 amide bonds. The molecule has 0 saturated heterocycles. The summed E-state index contributed by atoms with van der Waals surface area (Å²) in [6.45, 7) is 1.74. The summed E-state index contributed by atoms with van der Waals surface area (Å²) >= 11 is 0. The third-order valence-electron chi connectivity index (χ3n) is 2.15. The first-order valence-corrected chi connectivity index (χ1v) is 4.85. The molecule has 1 atom stereocenters. The number of rotatable bonds is 3. The van der Waals surface area contributed by atoms with Crippen LogP contribution in [0.1, 0.15) is 18.1 Å². The lowest BCUT2D eigenvalue weighted by molar-refractivity contribution is -0.138. The van der Waals surface area contributed by atoms with Crippen LogP contribution < -0.4 is 10.5 Å². The summed E-state index contributed by atoms with van der Waals surface area (Å²) in [7, 11) is 1.23. The number of hydrogen-bond acceptors (Lipinski definition) is 2. The van der Waals surface area contributed by atoms with E-state index in [1.165, 1.54) is 13.2 Å². The molecule has 0 aliphatic heterocycles. The number of nitrogens with two attached hydrogens (primary N) is 1. The molecule has 1 aromatic rings. The summed E-state index contributed by atoms with van der Waals surface area (Å²) in [6, 6.07) is 3.75. The predicted octanol–water partition coefficient (Wildman–Crippen LogP) is 2.60. The van der Waals surface area contributed by atoms with Gasteiger partial charge >= 0.3 is 6.18 Å². The second-order valence-corrected chi connectivity index (χ2v) is 3.68. The smallest absolute Gasteiger partial charge is 0.419 e. The van der Waals surface area contributed by atoms with Crippen molar-refractivity contribution in [1.82, 2.24) is 0 Å². The largest absolute Gasteiger partial charge is 0.496 e. The molecule has 16 heavy (non-hydrogen) atoms. The molecule has 2 N–H and O–H groups in total. The lowest BCUT2D eigenvalue weighted by Crippen LogP contribution is -2.19. The molecule has 0 fully saturated rings. The number of ether oxygens (including phenoxy) is 1. The van der Waals surface area contributed by atoms with E-state index in [4.69, 9.17) is 10.5 Å². The fraction of sp³-hybridized carbons (Fsp3) is 0.455. The van der Waals surface area contributed by atoms with Crippen LogP contribution in [-0.2, 0) is 12.6 Å². The highest BCUT2D eigenvalue weighted by atomic mass is 19.4. The van der Waals surface area contributed by atoms with Gasteiger partial charge in [-0.3, -0.25) is 0 Å². The Bertz CT molecular complexity index is 361. The first-order chi connectivity index (χ1) is 7.36. The number of para-hydroxylation sites is 1. The number of benzene rings is 1. The van der Waals surface area contributed by atoms with E-state index >= 15 is 0 Å². The van der Waals surface area contributed by atoms with Crippen molar-refractivity contribution >= 4 is 0 Å². The zero-order valence-electron chi connectivity index (χ0n) is 9.14. The van der Waals surface area contributed by atoms with E-state index in [2.05, 4.69) is 0 Å². The molecule has 1 aromatic carbocycles. The van der Waals surface area contributed by atoms with Crippen molar-refractivity contribution in [2.75, 3.05) is 7.11 Å². The molecule has 0 saturated carbocycles. The van der Waals surface area contributed by atoms with Crippen molar-refractivity contribution in [2.24, 2.45) is 5.73 Å². The Morgan fingerprint density at radius 3 is 2.44 bits per heavy atom. The molecule has 0 bridgehead atoms. The molecule has 5 heteroatoms. The summed E-state index contributed by atoms with van der Waals surface area (Å²) in [4.78, 5) is 0. The Morgan fingerprint density at radius 1 is 1.38 bits per heavy atom. The van der Waals surface area contributed by atoms with Gasteiger partial charge in [-0.15, -0.1) is 0 Å². The second-order valence-electron chi connectivity index (χ2n) is 3.68. The van der Waals surface area contributed by atoms with Crippen molar-refractivity contribution in [3.05, 3.63) is 29.3 Å². The van der Waals surface area contributed by atoms with Crippen LogP contribution in [0.2, 0.25) is 0 Å². The normalized spacial score (nSPS) is 13.6. The average molecular weight is 233 g/mol. The highest BCUT2D eigenvalue weighted by Gasteiger charge is 2.35. The molecule has 0 aliphatic carbocycles. The first kappa shape index (κ1) is 12.8. The molecule has 2 nitrogen and oxygen atoms in total. The third-order valence-corrected chi connectivity index (χ3v) is 2.15. The van der Waals surface area contributed by atoms with Gasteiger partial charge in [-0.2, -0.15) is 13.2 Å². The van der Waals surface area contributed by atoms with Gasteiger partial charge in [-0.25, -0.2) is 0 Å². The van der Waals surface area contributed by atoms with E-state index in [1.807, 2.05) is 0 Å². The van der Waals surface area contributed by atoms with Gasteiger partial charge in [-0.05, 0) is 25.0 Å². The highest BCUT2D eigenvalue weighted by Crippen LogP contribution is 2.38. The zero-order valence-corrected chi connectivity index (χ0v) is 9.14. The van der Waals surface area contributed by atoms with E-state index in [0.29, 0.717) is 12.0 Å². The summed E-state index contributed by atoms with van der Waals surface area (Å²) in [6.07, 6.45) is -4.05. The van der Waals surface area contributed by atoms with Gasteiger partial charge in [0.25, 0.3) is 0 Å². The van der Waals surface area contributed by atoms with Crippen molar-refractivity contribution in [3.8, 4) is 5.75 Å². The van der Waals surface area contributed by atoms with E-state index in [9.17, 15) is 13.2 Å². The van der Waals surface area contributed by atoms with Crippen molar-refractivity contribution in [3.63, 3.8) is 0 Å². The molecule has 0 radical (unpaired) electrons. The van der Waals surface area contributed by atoms with E-state index in [-0.39, 0.29) is 11.8 Å². The molecule has 0 aromatic heterocycles. The van der Waals surface area contributed by atoms with Crippen LogP contribution in [0, 0.1) is 0 Å². The Kier molecular flexibility index (Phi) is 3.80. The maximum absolute atomic E-state index is 12.6. The molecular formula is C11H14F3NO. The van der Waals surface area contributed by atoms with Gasteiger partial charge in [0.15, 0.2) is 0 Å². The molecule has 0 spiro atoms. The molecular weight excluding hydrogens is 219 g/mol. The molecule has 0 heterocycles. The molecule has 0 aliphatic rings.